The highest BCUT2D eigenvalue weighted by molar-refractivity contribution is 6.06. The van der Waals surface area contributed by atoms with E-state index in [1.807, 2.05) is 0 Å². The standard InChI is InChI=1S/C18H21N/c1-13(2)14(3)12-19-11-10-17-16-7-5-4-6-15(16)8-9-18(17)19/h4-11,13-14H,12H2,1-3H3. The summed E-state index contributed by atoms with van der Waals surface area (Å²) < 4.78 is 2.40. The zero-order valence-corrected chi connectivity index (χ0v) is 11.9. The van der Waals surface area contributed by atoms with Crippen molar-refractivity contribution < 1.29 is 0 Å². The maximum absolute atomic E-state index is 2.40. The largest absolute Gasteiger partial charge is 0.347 e. The van der Waals surface area contributed by atoms with Gasteiger partial charge in [0.05, 0.1) is 0 Å². The van der Waals surface area contributed by atoms with Crippen molar-refractivity contribution in [1.82, 2.24) is 4.57 Å². The molecule has 0 saturated carbocycles. The van der Waals surface area contributed by atoms with Gasteiger partial charge in [0.25, 0.3) is 0 Å². The Morgan fingerprint density at radius 2 is 1.68 bits per heavy atom. The molecule has 0 amide bonds. The molecule has 0 aliphatic heterocycles. The normalized spacial score (nSPS) is 13.5. The lowest BCUT2D eigenvalue weighted by Gasteiger charge is -2.17. The average Bonchev–Trinajstić information content (AvgIpc) is 2.82. The van der Waals surface area contributed by atoms with Gasteiger partial charge in [0.2, 0.25) is 0 Å². The molecule has 3 rings (SSSR count). The first-order valence-electron chi connectivity index (χ1n) is 7.13. The second kappa shape index (κ2) is 4.73. The fraction of sp³-hybridized carbons (Fsp3) is 0.333. The van der Waals surface area contributed by atoms with E-state index in [0.29, 0.717) is 5.92 Å². The van der Waals surface area contributed by atoms with Gasteiger partial charge in [-0.15, -0.1) is 0 Å². The van der Waals surface area contributed by atoms with E-state index in [0.717, 1.165) is 12.5 Å². The fourth-order valence-electron chi connectivity index (χ4n) is 2.63. The van der Waals surface area contributed by atoms with E-state index in [1.165, 1.54) is 21.7 Å². The molecule has 1 heterocycles. The third kappa shape index (κ3) is 2.14. The van der Waals surface area contributed by atoms with Gasteiger partial charge >= 0.3 is 0 Å². The van der Waals surface area contributed by atoms with Crippen LogP contribution in [0, 0.1) is 11.8 Å². The maximum atomic E-state index is 2.40. The molecule has 0 aliphatic carbocycles. The van der Waals surface area contributed by atoms with Crippen LogP contribution in [-0.4, -0.2) is 4.57 Å². The minimum Gasteiger partial charge on any atom is -0.347 e. The average molecular weight is 251 g/mol. The van der Waals surface area contributed by atoms with Gasteiger partial charge in [-0.3, -0.25) is 0 Å². The van der Waals surface area contributed by atoms with Crippen LogP contribution >= 0.6 is 0 Å². The van der Waals surface area contributed by atoms with Crippen LogP contribution in [0.2, 0.25) is 0 Å². The third-order valence-corrected chi connectivity index (χ3v) is 4.30. The van der Waals surface area contributed by atoms with Crippen LogP contribution in [0.5, 0.6) is 0 Å². The molecule has 0 fully saturated rings. The fourth-order valence-corrected chi connectivity index (χ4v) is 2.63. The van der Waals surface area contributed by atoms with Crippen LogP contribution in [0.1, 0.15) is 20.8 Å². The van der Waals surface area contributed by atoms with Crippen LogP contribution in [0.25, 0.3) is 21.7 Å². The predicted octanol–water partition coefficient (Wildman–Crippen LogP) is 5.09. The molecule has 1 atom stereocenters. The van der Waals surface area contributed by atoms with Crippen molar-refractivity contribution in [3.8, 4) is 0 Å². The molecule has 3 aromatic rings. The Morgan fingerprint density at radius 3 is 2.47 bits per heavy atom. The summed E-state index contributed by atoms with van der Waals surface area (Å²) in [5.74, 6) is 1.42. The van der Waals surface area contributed by atoms with Crippen LogP contribution < -0.4 is 0 Å². The molecular formula is C18H21N. The Balaban J connectivity index is 2.11. The summed E-state index contributed by atoms with van der Waals surface area (Å²) in [7, 11) is 0. The number of benzene rings is 2. The van der Waals surface area contributed by atoms with Crippen molar-refractivity contribution in [3.63, 3.8) is 0 Å². The minimum absolute atomic E-state index is 0.696. The maximum Gasteiger partial charge on any atom is 0.0486 e. The van der Waals surface area contributed by atoms with Gasteiger partial charge in [-0.25, -0.2) is 0 Å². The van der Waals surface area contributed by atoms with Crippen LogP contribution in [0.3, 0.4) is 0 Å². The highest BCUT2D eigenvalue weighted by Gasteiger charge is 2.10. The summed E-state index contributed by atoms with van der Waals surface area (Å²) in [6.07, 6.45) is 2.23. The van der Waals surface area contributed by atoms with E-state index in [2.05, 4.69) is 74.0 Å². The van der Waals surface area contributed by atoms with E-state index in [1.54, 1.807) is 0 Å². The van der Waals surface area contributed by atoms with E-state index in [9.17, 15) is 0 Å². The van der Waals surface area contributed by atoms with Crippen LogP contribution in [-0.2, 0) is 6.54 Å². The van der Waals surface area contributed by atoms with E-state index >= 15 is 0 Å². The van der Waals surface area contributed by atoms with Crippen molar-refractivity contribution >= 4 is 21.7 Å². The minimum atomic E-state index is 0.696. The molecule has 98 valence electrons. The number of hydrogen-bond acceptors (Lipinski definition) is 0. The monoisotopic (exact) mass is 251 g/mol. The summed E-state index contributed by atoms with van der Waals surface area (Å²) in [4.78, 5) is 0. The third-order valence-electron chi connectivity index (χ3n) is 4.30. The molecule has 1 aromatic heterocycles. The number of aromatic nitrogens is 1. The SMILES string of the molecule is CC(C)C(C)Cn1ccc2c3ccccc3ccc21. The number of rotatable bonds is 3. The summed E-state index contributed by atoms with van der Waals surface area (Å²) in [6.45, 7) is 8.02. The van der Waals surface area contributed by atoms with Gasteiger partial charge in [0.1, 0.15) is 0 Å². The molecule has 0 aliphatic rings. The second-order valence-corrected chi connectivity index (χ2v) is 5.91. The van der Waals surface area contributed by atoms with Gasteiger partial charge in [-0.05, 0) is 34.7 Å². The first-order chi connectivity index (χ1) is 9.16. The molecule has 0 spiro atoms. The number of nitrogens with zero attached hydrogens (tertiary/aromatic N) is 1. The lowest BCUT2D eigenvalue weighted by atomic mass is 9.98. The summed E-state index contributed by atoms with van der Waals surface area (Å²) in [5.41, 5.74) is 1.35. The molecule has 0 saturated heterocycles. The Labute approximate surface area is 114 Å². The van der Waals surface area contributed by atoms with E-state index in [4.69, 9.17) is 0 Å². The molecule has 0 bridgehead atoms. The van der Waals surface area contributed by atoms with Gasteiger partial charge in [0.15, 0.2) is 0 Å². The zero-order valence-electron chi connectivity index (χ0n) is 11.9. The Hall–Kier alpha value is -1.76. The van der Waals surface area contributed by atoms with Gasteiger partial charge < -0.3 is 4.57 Å². The quantitative estimate of drug-likeness (QED) is 0.611. The van der Waals surface area contributed by atoms with Gasteiger partial charge in [0, 0.05) is 23.6 Å². The summed E-state index contributed by atoms with van der Waals surface area (Å²) in [6, 6.07) is 15.4. The topological polar surface area (TPSA) is 4.93 Å². The van der Waals surface area contributed by atoms with Crippen molar-refractivity contribution in [3.05, 3.63) is 48.7 Å². The second-order valence-electron chi connectivity index (χ2n) is 5.91. The van der Waals surface area contributed by atoms with Crippen molar-refractivity contribution in [2.45, 2.75) is 27.3 Å². The van der Waals surface area contributed by atoms with Gasteiger partial charge in [-0.2, -0.15) is 0 Å². The van der Waals surface area contributed by atoms with Crippen molar-refractivity contribution in [2.75, 3.05) is 0 Å². The molecule has 1 heteroatoms. The molecule has 19 heavy (non-hydrogen) atoms. The molecule has 2 aromatic carbocycles. The lowest BCUT2D eigenvalue weighted by molar-refractivity contribution is 0.370. The molecule has 0 radical (unpaired) electrons. The highest BCUT2D eigenvalue weighted by atomic mass is 15.0. The first kappa shape index (κ1) is 12.3. The number of hydrogen-bond donors (Lipinski definition) is 0. The molecule has 0 N–H and O–H groups in total. The van der Waals surface area contributed by atoms with Gasteiger partial charge in [-0.1, -0.05) is 51.1 Å². The summed E-state index contributed by atoms with van der Waals surface area (Å²) in [5, 5.41) is 4.05. The molecular weight excluding hydrogens is 230 g/mol. The Morgan fingerprint density at radius 1 is 0.895 bits per heavy atom. The zero-order chi connectivity index (χ0) is 13.4. The molecule has 1 nitrogen and oxygen atoms in total. The molecule has 1 unspecified atom stereocenters. The first-order valence-corrected chi connectivity index (χ1v) is 7.13. The van der Waals surface area contributed by atoms with E-state index < -0.39 is 0 Å². The van der Waals surface area contributed by atoms with Crippen molar-refractivity contribution in [1.29, 1.82) is 0 Å². The van der Waals surface area contributed by atoms with Crippen LogP contribution in [0.15, 0.2) is 48.7 Å². The summed E-state index contributed by atoms with van der Waals surface area (Å²) >= 11 is 0. The Kier molecular flexibility index (Phi) is 3.06. The Bertz CT molecular complexity index is 706. The lowest BCUT2D eigenvalue weighted by Crippen LogP contribution is -2.12. The number of fused-ring (bicyclic) bond motifs is 3. The van der Waals surface area contributed by atoms with Crippen LogP contribution in [0.4, 0.5) is 0 Å². The van der Waals surface area contributed by atoms with E-state index in [-0.39, 0.29) is 0 Å². The predicted molar refractivity (Wildman–Crippen MR) is 83.4 cm³/mol. The smallest absolute Gasteiger partial charge is 0.0486 e. The highest BCUT2D eigenvalue weighted by Crippen LogP contribution is 2.27. The van der Waals surface area contributed by atoms with Crippen molar-refractivity contribution in [2.24, 2.45) is 11.8 Å².